The Morgan fingerprint density at radius 2 is 1.52 bits per heavy atom. The second kappa shape index (κ2) is 14.2. The zero-order valence-electron chi connectivity index (χ0n) is 22.6. The predicted octanol–water partition coefficient (Wildman–Crippen LogP) is 8.34. The summed E-state index contributed by atoms with van der Waals surface area (Å²) < 4.78 is 47.7. The Bertz CT molecular complexity index is 1440. The number of halogens is 5. The lowest BCUT2D eigenvalue weighted by Crippen LogP contribution is -2.42. The van der Waals surface area contributed by atoms with Gasteiger partial charge in [-0.25, -0.2) is 0 Å². The maximum atomic E-state index is 13.7. The normalized spacial score (nSPS) is 11.8. The van der Waals surface area contributed by atoms with Gasteiger partial charge in [-0.15, -0.1) is 0 Å². The Kier molecular flexibility index (Phi) is 10.7. The highest BCUT2D eigenvalue weighted by Gasteiger charge is 2.38. The van der Waals surface area contributed by atoms with E-state index in [2.05, 4.69) is 21.2 Å². The van der Waals surface area contributed by atoms with Gasteiger partial charge in [0.15, 0.2) is 0 Å². The highest BCUT2D eigenvalue weighted by Crippen LogP contribution is 2.41. The summed E-state index contributed by atoms with van der Waals surface area (Å²) in [7, 11) is 0. The SMILES string of the molecule is O=C(O)Cc1cc(OCCCNCC(Cc2cccc(C(F)(F)F)c2Cl)(c2ccccc2)c2ccccc2)ccc1Br. The summed E-state index contributed by atoms with van der Waals surface area (Å²) in [5.74, 6) is -0.347. The first kappa shape index (κ1) is 31.6. The Morgan fingerprint density at radius 3 is 2.12 bits per heavy atom. The second-order valence-corrected chi connectivity index (χ2v) is 11.2. The molecule has 0 aliphatic rings. The quantitative estimate of drug-likeness (QED) is 0.142. The molecule has 0 heterocycles. The van der Waals surface area contributed by atoms with Crippen LogP contribution in [0.2, 0.25) is 5.02 Å². The van der Waals surface area contributed by atoms with Crippen LogP contribution in [0.25, 0.3) is 0 Å². The minimum absolute atomic E-state index is 0.115. The van der Waals surface area contributed by atoms with Crippen LogP contribution in [0.15, 0.2) is 102 Å². The molecular formula is C33H30BrClF3NO3. The van der Waals surface area contributed by atoms with Gasteiger partial charge in [0.1, 0.15) is 5.75 Å². The molecule has 4 aromatic rings. The number of rotatable bonds is 13. The monoisotopic (exact) mass is 659 g/mol. The highest BCUT2D eigenvalue weighted by molar-refractivity contribution is 9.10. The number of carboxylic acids is 1. The third-order valence-corrected chi connectivity index (χ3v) is 8.30. The third kappa shape index (κ3) is 7.94. The Balaban J connectivity index is 1.54. The molecule has 0 aliphatic carbocycles. The molecule has 42 heavy (non-hydrogen) atoms. The van der Waals surface area contributed by atoms with Crippen molar-refractivity contribution in [2.45, 2.75) is 30.9 Å². The van der Waals surface area contributed by atoms with Crippen molar-refractivity contribution in [2.75, 3.05) is 19.7 Å². The van der Waals surface area contributed by atoms with Gasteiger partial charge < -0.3 is 15.2 Å². The zero-order chi connectivity index (χ0) is 30.2. The Labute approximate surface area is 256 Å². The first-order valence-corrected chi connectivity index (χ1v) is 14.6. The van der Waals surface area contributed by atoms with Crippen molar-refractivity contribution < 1.29 is 27.8 Å². The number of nitrogens with one attached hydrogen (secondary N) is 1. The fourth-order valence-corrected chi connectivity index (χ4v) is 5.73. The first-order valence-electron chi connectivity index (χ1n) is 13.4. The number of aliphatic carboxylic acids is 1. The summed E-state index contributed by atoms with van der Waals surface area (Å²) in [4.78, 5) is 11.1. The molecule has 0 aliphatic heterocycles. The molecule has 0 fully saturated rings. The average molecular weight is 661 g/mol. The minimum atomic E-state index is -4.56. The van der Waals surface area contributed by atoms with Crippen LogP contribution in [0.1, 0.15) is 34.2 Å². The van der Waals surface area contributed by atoms with Crippen molar-refractivity contribution in [3.05, 3.63) is 134 Å². The summed E-state index contributed by atoms with van der Waals surface area (Å²) >= 11 is 9.76. The molecule has 9 heteroatoms. The Morgan fingerprint density at radius 1 is 0.881 bits per heavy atom. The van der Waals surface area contributed by atoms with Gasteiger partial charge in [0.05, 0.1) is 23.6 Å². The lowest BCUT2D eigenvalue weighted by molar-refractivity contribution is -0.138. The summed E-state index contributed by atoms with van der Waals surface area (Å²) in [6, 6.07) is 28.8. The van der Waals surface area contributed by atoms with Gasteiger partial charge in [0.2, 0.25) is 0 Å². The van der Waals surface area contributed by atoms with Crippen LogP contribution in [-0.4, -0.2) is 30.8 Å². The minimum Gasteiger partial charge on any atom is -0.494 e. The van der Waals surface area contributed by atoms with Crippen LogP contribution < -0.4 is 10.1 Å². The van der Waals surface area contributed by atoms with E-state index in [0.29, 0.717) is 47.5 Å². The van der Waals surface area contributed by atoms with E-state index in [4.69, 9.17) is 21.4 Å². The van der Waals surface area contributed by atoms with Crippen LogP contribution >= 0.6 is 27.5 Å². The number of ether oxygens (including phenoxy) is 1. The van der Waals surface area contributed by atoms with Crippen molar-refractivity contribution >= 4 is 33.5 Å². The van der Waals surface area contributed by atoms with Crippen molar-refractivity contribution in [1.29, 1.82) is 0 Å². The van der Waals surface area contributed by atoms with Crippen molar-refractivity contribution in [2.24, 2.45) is 0 Å². The molecule has 4 rings (SSSR count). The second-order valence-electron chi connectivity index (χ2n) is 9.97. The molecule has 220 valence electrons. The summed E-state index contributed by atoms with van der Waals surface area (Å²) in [6.07, 6.45) is -3.78. The Hall–Kier alpha value is -3.33. The van der Waals surface area contributed by atoms with Crippen LogP contribution in [0.4, 0.5) is 13.2 Å². The first-order chi connectivity index (χ1) is 20.1. The molecule has 0 radical (unpaired) electrons. The summed E-state index contributed by atoms with van der Waals surface area (Å²) in [6.45, 7) is 1.41. The van der Waals surface area contributed by atoms with Gasteiger partial charge >= 0.3 is 12.1 Å². The van der Waals surface area contributed by atoms with Gasteiger partial charge in [-0.2, -0.15) is 13.2 Å². The summed E-state index contributed by atoms with van der Waals surface area (Å²) in [5, 5.41) is 12.3. The molecule has 0 amide bonds. The molecule has 0 atom stereocenters. The topological polar surface area (TPSA) is 58.6 Å². The molecule has 4 aromatic carbocycles. The van der Waals surface area contributed by atoms with Crippen LogP contribution in [0, 0.1) is 0 Å². The maximum Gasteiger partial charge on any atom is 0.417 e. The lowest BCUT2D eigenvalue weighted by atomic mass is 9.70. The maximum absolute atomic E-state index is 13.7. The molecule has 0 aromatic heterocycles. The fraction of sp³-hybridized carbons (Fsp3) is 0.242. The van der Waals surface area contributed by atoms with E-state index >= 15 is 0 Å². The highest BCUT2D eigenvalue weighted by atomic mass is 79.9. The lowest BCUT2D eigenvalue weighted by Gasteiger charge is -2.36. The number of hydrogen-bond donors (Lipinski definition) is 2. The number of hydrogen-bond acceptors (Lipinski definition) is 3. The predicted molar refractivity (Wildman–Crippen MR) is 162 cm³/mol. The van der Waals surface area contributed by atoms with E-state index in [1.54, 1.807) is 24.3 Å². The average Bonchev–Trinajstić information content (AvgIpc) is 2.97. The van der Waals surface area contributed by atoms with Gasteiger partial charge in [-0.1, -0.05) is 100 Å². The molecule has 0 saturated heterocycles. The van der Waals surface area contributed by atoms with Crippen LogP contribution in [-0.2, 0) is 29.2 Å². The molecule has 0 spiro atoms. The van der Waals surface area contributed by atoms with E-state index < -0.39 is 23.1 Å². The molecule has 2 N–H and O–H groups in total. The fourth-order valence-electron chi connectivity index (χ4n) is 5.04. The number of benzene rings is 4. The summed E-state index contributed by atoms with van der Waals surface area (Å²) in [5.41, 5.74) is 1.39. The van der Waals surface area contributed by atoms with Crippen LogP contribution in [0.3, 0.4) is 0 Å². The third-order valence-electron chi connectivity index (χ3n) is 7.08. The molecule has 0 unspecified atom stereocenters. The smallest absolute Gasteiger partial charge is 0.417 e. The van der Waals surface area contributed by atoms with E-state index in [-0.39, 0.29) is 17.9 Å². The van der Waals surface area contributed by atoms with Crippen molar-refractivity contribution in [3.8, 4) is 5.75 Å². The van der Waals surface area contributed by atoms with E-state index in [0.717, 1.165) is 17.2 Å². The van der Waals surface area contributed by atoms with E-state index in [1.807, 2.05) is 60.7 Å². The van der Waals surface area contributed by atoms with Gasteiger partial charge in [-0.05, 0) is 65.9 Å². The van der Waals surface area contributed by atoms with Gasteiger partial charge in [0.25, 0.3) is 0 Å². The largest absolute Gasteiger partial charge is 0.494 e. The zero-order valence-corrected chi connectivity index (χ0v) is 25.0. The number of carboxylic acid groups (broad SMARTS) is 1. The standard InChI is InChI=1S/C33H30BrClF3NO3/c34-29-16-15-27(19-24(29)20-30(40)41)42-18-8-17-39-22-32(25-10-3-1-4-11-25,26-12-5-2-6-13-26)21-23-9-7-14-28(31(23)35)33(36,37)38/h1-7,9-16,19,39H,8,17-18,20-22H2,(H,40,41). The molecule has 0 saturated carbocycles. The molecular weight excluding hydrogens is 631 g/mol. The molecule has 4 nitrogen and oxygen atoms in total. The molecule has 0 bridgehead atoms. The van der Waals surface area contributed by atoms with Gasteiger partial charge in [0, 0.05) is 16.4 Å². The van der Waals surface area contributed by atoms with E-state index in [9.17, 15) is 18.0 Å². The van der Waals surface area contributed by atoms with Crippen molar-refractivity contribution in [3.63, 3.8) is 0 Å². The number of carbonyl (C=O) groups is 1. The van der Waals surface area contributed by atoms with Crippen LogP contribution in [0.5, 0.6) is 5.75 Å². The van der Waals surface area contributed by atoms with E-state index in [1.165, 1.54) is 6.07 Å². The van der Waals surface area contributed by atoms with Crippen molar-refractivity contribution in [1.82, 2.24) is 5.32 Å². The number of alkyl halides is 3. The van der Waals surface area contributed by atoms with Gasteiger partial charge in [-0.3, -0.25) is 4.79 Å².